The third-order valence-corrected chi connectivity index (χ3v) is 3.68. The number of halogens is 4. The molecule has 0 aromatic carbocycles. The highest BCUT2D eigenvalue weighted by Crippen LogP contribution is 2.32. The van der Waals surface area contributed by atoms with Gasteiger partial charge in [-0.1, -0.05) is 12.1 Å². The number of H-pyrrole nitrogens is 1. The van der Waals surface area contributed by atoms with E-state index in [1.165, 1.54) is 28.9 Å². The van der Waals surface area contributed by atoms with Crippen LogP contribution in [0.1, 0.15) is 22.2 Å². The van der Waals surface area contributed by atoms with Crippen LogP contribution in [0, 0.1) is 0 Å². The fraction of sp³-hybridized carbons (Fsp3) is 0.133. The number of nitrogens with zero attached hydrogens (tertiary/aromatic N) is 2. The normalized spacial score (nSPS) is 13.0. The largest absolute Gasteiger partial charge is 0.412 e. The van der Waals surface area contributed by atoms with Gasteiger partial charge >= 0.3 is 17.9 Å². The fourth-order valence-electron chi connectivity index (χ4n) is 2.31. The second-order valence-electron chi connectivity index (χ2n) is 4.98. The lowest BCUT2D eigenvalue weighted by Crippen LogP contribution is -2.42. The highest BCUT2D eigenvalue weighted by Gasteiger charge is 2.43. The number of imidazole rings is 1. The first-order chi connectivity index (χ1) is 11.4. The molecular formula is C15H11ClF3N4O+. The van der Waals surface area contributed by atoms with E-state index in [0.29, 0.717) is 5.52 Å². The van der Waals surface area contributed by atoms with Crippen LogP contribution in [0.4, 0.5) is 13.2 Å². The Kier molecular flexibility index (Phi) is 4.15. The zero-order chi connectivity index (χ0) is 17.3. The second kappa shape index (κ2) is 6.12. The molecular weight excluding hydrogens is 345 g/mol. The molecule has 2 N–H and O–H groups in total. The summed E-state index contributed by atoms with van der Waals surface area (Å²) in [7, 11) is 0. The van der Waals surface area contributed by atoms with Gasteiger partial charge < -0.3 is 5.32 Å². The molecule has 3 aromatic heterocycles. The van der Waals surface area contributed by atoms with Gasteiger partial charge in [0.05, 0.1) is 6.20 Å². The summed E-state index contributed by atoms with van der Waals surface area (Å²) in [4.78, 5) is 18.6. The summed E-state index contributed by atoms with van der Waals surface area (Å²) in [5, 5.41) is 2.14. The Morgan fingerprint density at radius 1 is 1.29 bits per heavy atom. The monoisotopic (exact) mass is 355 g/mol. The fourth-order valence-corrected chi connectivity index (χ4v) is 2.56. The van der Waals surface area contributed by atoms with Crippen LogP contribution in [0.25, 0.3) is 5.52 Å². The van der Waals surface area contributed by atoms with Crippen molar-refractivity contribution >= 4 is 23.0 Å². The number of pyridine rings is 2. The number of hydrogen-bond acceptors (Lipinski definition) is 2. The van der Waals surface area contributed by atoms with Crippen LogP contribution in [0.15, 0.2) is 48.9 Å². The average molecular weight is 356 g/mol. The molecule has 3 heterocycles. The molecule has 1 atom stereocenters. The molecule has 0 radical (unpaired) electrons. The zero-order valence-corrected chi connectivity index (χ0v) is 12.8. The minimum absolute atomic E-state index is 0.103. The molecule has 0 saturated heterocycles. The van der Waals surface area contributed by atoms with E-state index >= 15 is 0 Å². The van der Waals surface area contributed by atoms with Gasteiger partial charge in [0.25, 0.3) is 0 Å². The number of aromatic amines is 1. The first-order valence-corrected chi connectivity index (χ1v) is 7.21. The van der Waals surface area contributed by atoms with Crippen LogP contribution in [0.2, 0.25) is 5.15 Å². The summed E-state index contributed by atoms with van der Waals surface area (Å²) in [6.07, 6.45) is -0.729. The molecule has 5 nitrogen and oxygen atoms in total. The summed E-state index contributed by atoms with van der Waals surface area (Å²) in [6.45, 7) is 0. The van der Waals surface area contributed by atoms with Crippen LogP contribution in [0.5, 0.6) is 0 Å². The Labute approximate surface area is 139 Å². The first-order valence-electron chi connectivity index (χ1n) is 6.83. The van der Waals surface area contributed by atoms with E-state index < -0.39 is 18.1 Å². The standard InChI is InChI=1S/C15H10ClF3N4O/c16-12-10-5-1-2-7-23(10)13(22-12)14(24)21-11(15(17,18)19)9-4-3-6-20-8-9/h1-8,11H,(H,21,24)/p+1. The van der Waals surface area contributed by atoms with Crippen LogP contribution >= 0.6 is 11.6 Å². The van der Waals surface area contributed by atoms with E-state index in [1.807, 2.05) is 5.32 Å². The minimum atomic E-state index is -4.67. The van der Waals surface area contributed by atoms with E-state index in [0.717, 1.165) is 6.20 Å². The second-order valence-corrected chi connectivity index (χ2v) is 5.36. The molecule has 0 spiro atoms. The van der Waals surface area contributed by atoms with Gasteiger partial charge in [-0.25, -0.2) is 4.98 Å². The Morgan fingerprint density at radius 3 is 2.75 bits per heavy atom. The van der Waals surface area contributed by atoms with Gasteiger partial charge in [-0.15, -0.1) is 0 Å². The number of alkyl halides is 3. The Morgan fingerprint density at radius 2 is 2.08 bits per heavy atom. The highest BCUT2D eigenvalue weighted by molar-refractivity contribution is 6.32. The van der Waals surface area contributed by atoms with Crippen LogP contribution in [-0.2, 0) is 0 Å². The van der Waals surface area contributed by atoms with Gasteiger partial charge in [0.1, 0.15) is 0 Å². The average Bonchev–Trinajstić information content (AvgIpc) is 2.90. The number of carbonyl (C=O) groups excluding carboxylic acids is 1. The number of rotatable bonds is 3. The van der Waals surface area contributed by atoms with Crippen molar-refractivity contribution in [3.05, 3.63) is 65.5 Å². The van der Waals surface area contributed by atoms with E-state index in [2.05, 4.69) is 9.97 Å². The molecule has 24 heavy (non-hydrogen) atoms. The summed E-state index contributed by atoms with van der Waals surface area (Å²) in [6, 6.07) is 5.41. The quantitative estimate of drug-likeness (QED) is 0.710. The molecule has 0 saturated carbocycles. The van der Waals surface area contributed by atoms with E-state index in [-0.39, 0.29) is 16.5 Å². The summed E-state index contributed by atoms with van der Waals surface area (Å²) in [5.74, 6) is -1.04. The molecule has 0 aliphatic heterocycles. The van der Waals surface area contributed by atoms with Crippen molar-refractivity contribution in [2.75, 3.05) is 0 Å². The summed E-state index contributed by atoms with van der Waals surface area (Å²) >= 11 is 5.98. The van der Waals surface area contributed by atoms with Crippen molar-refractivity contribution in [2.24, 2.45) is 0 Å². The van der Waals surface area contributed by atoms with E-state index in [1.54, 1.807) is 18.2 Å². The Balaban J connectivity index is 1.97. The van der Waals surface area contributed by atoms with Gasteiger partial charge in [-0.2, -0.15) is 17.6 Å². The van der Waals surface area contributed by atoms with Crippen molar-refractivity contribution in [3.8, 4) is 0 Å². The summed E-state index contributed by atoms with van der Waals surface area (Å²) in [5.41, 5.74) is 0.319. The highest BCUT2D eigenvalue weighted by atomic mass is 35.5. The number of carbonyl (C=O) groups is 1. The van der Waals surface area contributed by atoms with Crippen molar-refractivity contribution in [1.82, 2.24) is 15.3 Å². The lowest BCUT2D eigenvalue weighted by Gasteiger charge is -2.20. The Hall–Kier alpha value is -2.61. The lowest BCUT2D eigenvalue weighted by molar-refractivity contribution is -0.514. The van der Waals surface area contributed by atoms with Gasteiger partial charge in [0.15, 0.2) is 11.6 Å². The number of aromatic nitrogens is 3. The van der Waals surface area contributed by atoms with Crippen molar-refractivity contribution in [3.63, 3.8) is 0 Å². The molecule has 3 aromatic rings. The Bertz CT molecular complexity index is 879. The van der Waals surface area contributed by atoms with Crippen molar-refractivity contribution in [2.45, 2.75) is 12.2 Å². The predicted molar refractivity (Wildman–Crippen MR) is 79.5 cm³/mol. The van der Waals surface area contributed by atoms with E-state index in [9.17, 15) is 18.0 Å². The van der Waals surface area contributed by atoms with Crippen LogP contribution in [-0.4, -0.2) is 22.1 Å². The molecule has 0 aliphatic carbocycles. The SMILES string of the molecule is O=C(NC(c1cccnc1)C(F)(F)F)c1[nH]c(Cl)c2cccc[n+]12. The maximum absolute atomic E-state index is 13.3. The van der Waals surface area contributed by atoms with Gasteiger partial charge in [0.2, 0.25) is 5.15 Å². The number of nitrogens with one attached hydrogen (secondary N) is 2. The predicted octanol–water partition coefficient (Wildman–Crippen LogP) is 2.84. The van der Waals surface area contributed by atoms with Gasteiger partial charge in [-0.05, 0) is 29.8 Å². The molecule has 1 unspecified atom stereocenters. The third-order valence-electron chi connectivity index (χ3n) is 3.39. The lowest BCUT2D eigenvalue weighted by atomic mass is 10.1. The topological polar surface area (TPSA) is 61.9 Å². The van der Waals surface area contributed by atoms with Gasteiger partial charge in [0, 0.05) is 18.0 Å². The number of fused-ring (bicyclic) bond motifs is 1. The smallest absolute Gasteiger partial charge is 0.330 e. The molecule has 1 amide bonds. The maximum Gasteiger partial charge on any atom is 0.412 e. The first kappa shape index (κ1) is 16.3. The van der Waals surface area contributed by atoms with Gasteiger partial charge in [-0.3, -0.25) is 9.78 Å². The molecule has 0 fully saturated rings. The molecule has 3 rings (SSSR count). The molecule has 9 heteroatoms. The maximum atomic E-state index is 13.3. The van der Waals surface area contributed by atoms with Crippen LogP contribution < -0.4 is 9.72 Å². The van der Waals surface area contributed by atoms with Crippen LogP contribution in [0.3, 0.4) is 0 Å². The number of amides is 1. The number of hydrogen-bond donors (Lipinski definition) is 2. The van der Waals surface area contributed by atoms with Crippen molar-refractivity contribution < 1.29 is 22.4 Å². The molecule has 0 bridgehead atoms. The zero-order valence-electron chi connectivity index (χ0n) is 12.0. The van der Waals surface area contributed by atoms with E-state index in [4.69, 9.17) is 11.6 Å². The molecule has 0 aliphatic rings. The van der Waals surface area contributed by atoms with Crippen molar-refractivity contribution in [1.29, 1.82) is 0 Å². The molecule has 124 valence electrons. The third kappa shape index (κ3) is 3.05. The summed E-state index contributed by atoms with van der Waals surface area (Å²) < 4.78 is 41.3. The minimum Gasteiger partial charge on any atom is -0.330 e.